The SMILES string of the molecule is Cc1cccc(NC(=O)c2ccc(Nc3ccc(F)c(F)c3F)nc2)c1. The Morgan fingerprint density at radius 2 is 1.81 bits per heavy atom. The summed E-state index contributed by atoms with van der Waals surface area (Å²) in [5.74, 6) is -4.35. The van der Waals surface area contributed by atoms with Crippen molar-refractivity contribution >= 4 is 23.1 Å². The van der Waals surface area contributed by atoms with E-state index in [2.05, 4.69) is 15.6 Å². The van der Waals surface area contributed by atoms with E-state index >= 15 is 0 Å². The summed E-state index contributed by atoms with van der Waals surface area (Å²) in [6, 6.07) is 12.1. The summed E-state index contributed by atoms with van der Waals surface area (Å²) in [7, 11) is 0. The lowest BCUT2D eigenvalue weighted by Crippen LogP contribution is -2.12. The molecule has 0 unspecified atom stereocenters. The maximum absolute atomic E-state index is 13.7. The van der Waals surface area contributed by atoms with Gasteiger partial charge >= 0.3 is 0 Å². The summed E-state index contributed by atoms with van der Waals surface area (Å²) in [6.45, 7) is 1.91. The van der Waals surface area contributed by atoms with Crippen LogP contribution in [-0.2, 0) is 0 Å². The van der Waals surface area contributed by atoms with Crippen molar-refractivity contribution in [3.63, 3.8) is 0 Å². The molecular weight excluding hydrogens is 343 g/mol. The second-order valence-corrected chi connectivity index (χ2v) is 5.60. The molecule has 0 saturated heterocycles. The lowest BCUT2D eigenvalue weighted by Gasteiger charge is -2.09. The van der Waals surface area contributed by atoms with E-state index < -0.39 is 17.5 Å². The fourth-order valence-corrected chi connectivity index (χ4v) is 2.29. The highest BCUT2D eigenvalue weighted by Crippen LogP contribution is 2.22. The second-order valence-electron chi connectivity index (χ2n) is 5.60. The Balaban J connectivity index is 1.72. The smallest absolute Gasteiger partial charge is 0.257 e. The number of anilines is 3. The molecule has 0 atom stereocenters. The monoisotopic (exact) mass is 357 g/mol. The van der Waals surface area contributed by atoms with Crippen molar-refractivity contribution in [3.05, 3.63) is 83.3 Å². The molecular formula is C19H14F3N3O. The number of aryl methyl sites for hydroxylation is 1. The fourth-order valence-electron chi connectivity index (χ4n) is 2.29. The van der Waals surface area contributed by atoms with Crippen LogP contribution in [0.1, 0.15) is 15.9 Å². The van der Waals surface area contributed by atoms with Crippen LogP contribution in [0.2, 0.25) is 0 Å². The molecule has 1 amide bonds. The number of pyridine rings is 1. The van der Waals surface area contributed by atoms with Gasteiger partial charge in [-0.2, -0.15) is 0 Å². The number of nitrogens with one attached hydrogen (secondary N) is 2. The molecule has 2 N–H and O–H groups in total. The van der Waals surface area contributed by atoms with Crippen molar-refractivity contribution in [2.24, 2.45) is 0 Å². The van der Waals surface area contributed by atoms with E-state index in [0.717, 1.165) is 17.7 Å². The van der Waals surface area contributed by atoms with Gasteiger partial charge in [0.05, 0.1) is 11.3 Å². The zero-order valence-corrected chi connectivity index (χ0v) is 13.7. The van der Waals surface area contributed by atoms with E-state index in [0.29, 0.717) is 11.3 Å². The molecule has 0 bridgehead atoms. The highest BCUT2D eigenvalue weighted by atomic mass is 19.2. The Morgan fingerprint density at radius 3 is 2.50 bits per heavy atom. The third-order valence-corrected chi connectivity index (χ3v) is 3.60. The lowest BCUT2D eigenvalue weighted by molar-refractivity contribution is 0.102. The summed E-state index contributed by atoms with van der Waals surface area (Å²) < 4.78 is 39.8. The van der Waals surface area contributed by atoms with Crippen LogP contribution >= 0.6 is 0 Å². The number of amides is 1. The highest BCUT2D eigenvalue weighted by Gasteiger charge is 2.14. The van der Waals surface area contributed by atoms with Gasteiger partial charge < -0.3 is 10.6 Å². The minimum Gasteiger partial charge on any atom is -0.338 e. The normalized spacial score (nSPS) is 10.5. The van der Waals surface area contributed by atoms with Crippen molar-refractivity contribution in [2.75, 3.05) is 10.6 Å². The van der Waals surface area contributed by atoms with Crippen molar-refractivity contribution in [1.29, 1.82) is 0 Å². The van der Waals surface area contributed by atoms with Gasteiger partial charge in [0.2, 0.25) is 0 Å². The number of rotatable bonds is 4. The fraction of sp³-hybridized carbons (Fsp3) is 0.0526. The molecule has 0 aliphatic heterocycles. The van der Waals surface area contributed by atoms with Gasteiger partial charge in [0.15, 0.2) is 17.5 Å². The van der Waals surface area contributed by atoms with Crippen molar-refractivity contribution < 1.29 is 18.0 Å². The summed E-state index contributed by atoms with van der Waals surface area (Å²) in [6.07, 6.45) is 1.30. The molecule has 1 heterocycles. The number of nitrogens with zero attached hydrogens (tertiary/aromatic N) is 1. The van der Waals surface area contributed by atoms with Gasteiger partial charge in [-0.1, -0.05) is 12.1 Å². The van der Waals surface area contributed by atoms with Crippen molar-refractivity contribution in [3.8, 4) is 0 Å². The third kappa shape index (κ3) is 3.83. The van der Waals surface area contributed by atoms with E-state index in [1.807, 2.05) is 25.1 Å². The van der Waals surface area contributed by atoms with Crippen LogP contribution in [0.5, 0.6) is 0 Å². The Hall–Kier alpha value is -3.35. The number of hydrogen-bond donors (Lipinski definition) is 2. The van der Waals surface area contributed by atoms with Gasteiger partial charge in [0.25, 0.3) is 5.91 Å². The van der Waals surface area contributed by atoms with Gasteiger partial charge in [-0.15, -0.1) is 0 Å². The van der Waals surface area contributed by atoms with Crippen LogP contribution in [0.3, 0.4) is 0 Å². The molecule has 26 heavy (non-hydrogen) atoms. The van der Waals surface area contributed by atoms with Crippen LogP contribution in [0.25, 0.3) is 0 Å². The van der Waals surface area contributed by atoms with Crippen LogP contribution in [0.4, 0.5) is 30.4 Å². The molecule has 0 spiro atoms. The van der Waals surface area contributed by atoms with Gasteiger partial charge in [-0.3, -0.25) is 4.79 Å². The van der Waals surface area contributed by atoms with E-state index in [1.54, 1.807) is 6.07 Å². The molecule has 2 aromatic carbocycles. The second kappa shape index (κ2) is 7.26. The minimum atomic E-state index is -1.57. The third-order valence-electron chi connectivity index (χ3n) is 3.60. The first kappa shape index (κ1) is 17.5. The number of carbonyl (C=O) groups is 1. The zero-order valence-electron chi connectivity index (χ0n) is 13.7. The quantitative estimate of drug-likeness (QED) is 0.659. The Labute approximate surface area is 147 Å². The number of benzene rings is 2. The lowest BCUT2D eigenvalue weighted by atomic mass is 10.2. The van der Waals surface area contributed by atoms with Crippen LogP contribution in [0, 0.1) is 24.4 Å². The van der Waals surface area contributed by atoms with E-state index in [1.165, 1.54) is 18.3 Å². The van der Waals surface area contributed by atoms with Gasteiger partial charge in [0.1, 0.15) is 5.82 Å². The maximum atomic E-state index is 13.7. The number of hydrogen-bond acceptors (Lipinski definition) is 3. The first-order chi connectivity index (χ1) is 12.4. The molecule has 0 aliphatic carbocycles. The summed E-state index contributed by atoms with van der Waals surface area (Å²) in [4.78, 5) is 16.2. The maximum Gasteiger partial charge on any atom is 0.257 e. The first-order valence-electron chi connectivity index (χ1n) is 7.68. The van der Waals surface area contributed by atoms with E-state index in [4.69, 9.17) is 0 Å². The zero-order chi connectivity index (χ0) is 18.7. The molecule has 0 saturated carbocycles. The first-order valence-corrected chi connectivity index (χ1v) is 7.68. The average molecular weight is 357 g/mol. The van der Waals surface area contributed by atoms with Crippen LogP contribution in [0.15, 0.2) is 54.7 Å². The summed E-state index contributed by atoms with van der Waals surface area (Å²) >= 11 is 0. The van der Waals surface area contributed by atoms with E-state index in [-0.39, 0.29) is 17.4 Å². The molecule has 4 nitrogen and oxygen atoms in total. The van der Waals surface area contributed by atoms with Gasteiger partial charge in [-0.05, 0) is 48.9 Å². The molecule has 0 aliphatic rings. The predicted molar refractivity (Wildman–Crippen MR) is 93.0 cm³/mol. The molecule has 132 valence electrons. The van der Waals surface area contributed by atoms with Crippen LogP contribution < -0.4 is 10.6 Å². The molecule has 0 fully saturated rings. The molecule has 3 aromatic rings. The number of halogens is 3. The van der Waals surface area contributed by atoms with Gasteiger partial charge in [0, 0.05) is 11.9 Å². The molecule has 7 heteroatoms. The summed E-state index contributed by atoms with van der Waals surface area (Å²) in [5.41, 5.74) is 1.70. The molecule has 1 aromatic heterocycles. The molecule has 0 radical (unpaired) electrons. The Kier molecular flexibility index (Phi) is 4.88. The number of carbonyl (C=O) groups excluding carboxylic acids is 1. The predicted octanol–water partition coefficient (Wildman–Crippen LogP) is 4.80. The molecule has 3 rings (SSSR count). The van der Waals surface area contributed by atoms with Crippen molar-refractivity contribution in [2.45, 2.75) is 6.92 Å². The topological polar surface area (TPSA) is 54.0 Å². The highest BCUT2D eigenvalue weighted by molar-refractivity contribution is 6.04. The average Bonchev–Trinajstić information content (AvgIpc) is 2.63. The van der Waals surface area contributed by atoms with Gasteiger partial charge in [-0.25, -0.2) is 18.2 Å². The number of aromatic nitrogens is 1. The standard InChI is InChI=1S/C19H14F3N3O/c1-11-3-2-4-13(9-11)24-19(26)12-5-8-16(23-10-12)25-15-7-6-14(20)17(21)18(15)22/h2-10H,1H3,(H,23,25)(H,24,26). The Bertz CT molecular complexity index is 959. The summed E-state index contributed by atoms with van der Waals surface area (Å²) in [5, 5.41) is 5.28. The van der Waals surface area contributed by atoms with Crippen molar-refractivity contribution in [1.82, 2.24) is 4.98 Å². The van der Waals surface area contributed by atoms with Crippen LogP contribution in [-0.4, -0.2) is 10.9 Å². The Morgan fingerprint density at radius 1 is 1.00 bits per heavy atom. The van der Waals surface area contributed by atoms with E-state index in [9.17, 15) is 18.0 Å². The minimum absolute atomic E-state index is 0.182. The largest absolute Gasteiger partial charge is 0.338 e.